The standard InChI is InChI=1S/C19H16BrN3O4/c1-4-26-19(25)17-15(13-7-12(20)5-6-16(13)27-17)9-23-18(24)14(8-21)10(2)11(3)22-23/h5-7H,4,9H2,1-3H3. The molecule has 0 saturated carbocycles. The summed E-state index contributed by atoms with van der Waals surface area (Å²) in [7, 11) is 0. The molecule has 0 aliphatic carbocycles. The summed E-state index contributed by atoms with van der Waals surface area (Å²) in [6.07, 6.45) is 0. The summed E-state index contributed by atoms with van der Waals surface area (Å²) >= 11 is 3.40. The molecule has 3 aromatic rings. The van der Waals surface area contributed by atoms with Gasteiger partial charge in [0.2, 0.25) is 5.76 Å². The van der Waals surface area contributed by atoms with Crippen LogP contribution in [0.2, 0.25) is 0 Å². The maximum Gasteiger partial charge on any atom is 0.374 e. The molecule has 0 unspecified atom stereocenters. The largest absolute Gasteiger partial charge is 0.460 e. The Morgan fingerprint density at radius 3 is 2.81 bits per heavy atom. The maximum absolute atomic E-state index is 12.6. The fraction of sp³-hybridized carbons (Fsp3) is 0.263. The Balaban J connectivity index is 2.23. The number of halogens is 1. The molecule has 2 aromatic heterocycles. The summed E-state index contributed by atoms with van der Waals surface area (Å²) in [4.78, 5) is 25.0. The molecule has 0 aliphatic heterocycles. The van der Waals surface area contributed by atoms with Gasteiger partial charge in [0.15, 0.2) is 0 Å². The number of fused-ring (bicyclic) bond motifs is 1. The third-order valence-electron chi connectivity index (χ3n) is 4.27. The number of hydrogen-bond acceptors (Lipinski definition) is 6. The van der Waals surface area contributed by atoms with Gasteiger partial charge in [0.05, 0.1) is 18.8 Å². The number of ether oxygens (including phenoxy) is 1. The first kappa shape index (κ1) is 18.9. The average Bonchev–Trinajstić information content (AvgIpc) is 2.98. The molecule has 0 atom stereocenters. The number of furan rings is 1. The molecule has 0 spiro atoms. The van der Waals surface area contributed by atoms with Crippen molar-refractivity contribution in [1.29, 1.82) is 5.26 Å². The van der Waals surface area contributed by atoms with Crippen LogP contribution in [0.4, 0.5) is 0 Å². The van der Waals surface area contributed by atoms with E-state index >= 15 is 0 Å². The minimum Gasteiger partial charge on any atom is -0.460 e. The van der Waals surface area contributed by atoms with E-state index in [-0.39, 0.29) is 24.5 Å². The molecule has 3 rings (SSSR count). The number of rotatable bonds is 4. The van der Waals surface area contributed by atoms with Gasteiger partial charge in [0.1, 0.15) is 17.2 Å². The molecule has 0 fully saturated rings. The van der Waals surface area contributed by atoms with Gasteiger partial charge in [-0.05, 0) is 44.5 Å². The SMILES string of the molecule is CCOC(=O)c1oc2ccc(Br)cc2c1Cn1nc(C)c(C)c(C#N)c1=O. The molecule has 1 aromatic carbocycles. The smallest absolute Gasteiger partial charge is 0.374 e. The van der Waals surface area contributed by atoms with E-state index < -0.39 is 11.5 Å². The Hall–Kier alpha value is -2.92. The van der Waals surface area contributed by atoms with Gasteiger partial charge in [-0.2, -0.15) is 10.4 Å². The number of aryl methyl sites for hydroxylation is 1. The molecule has 0 amide bonds. The highest BCUT2D eigenvalue weighted by Crippen LogP contribution is 2.30. The number of aromatic nitrogens is 2. The fourth-order valence-electron chi connectivity index (χ4n) is 2.80. The highest BCUT2D eigenvalue weighted by molar-refractivity contribution is 9.10. The number of nitriles is 1. The number of nitrogens with zero attached hydrogens (tertiary/aromatic N) is 3. The second-order valence-corrected chi connectivity index (χ2v) is 6.85. The summed E-state index contributed by atoms with van der Waals surface area (Å²) < 4.78 is 12.7. The second-order valence-electron chi connectivity index (χ2n) is 5.93. The van der Waals surface area contributed by atoms with Crippen molar-refractivity contribution in [3.63, 3.8) is 0 Å². The van der Waals surface area contributed by atoms with E-state index in [0.29, 0.717) is 27.8 Å². The molecular weight excluding hydrogens is 414 g/mol. The van der Waals surface area contributed by atoms with Gasteiger partial charge < -0.3 is 9.15 Å². The third-order valence-corrected chi connectivity index (χ3v) is 4.76. The normalized spacial score (nSPS) is 10.8. The van der Waals surface area contributed by atoms with Crippen LogP contribution in [0.1, 0.15) is 39.9 Å². The maximum atomic E-state index is 12.6. The zero-order valence-corrected chi connectivity index (χ0v) is 16.6. The monoisotopic (exact) mass is 429 g/mol. The molecular formula is C19H16BrN3O4. The number of benzene rings is 1. The highest BCUT2D eigenvalue weighted by Gasteiger charge is 2.23. The number of carbonyl (C=O) groups excluding carboxylic acids is 1. The molecule has 0 aliphatic rings. The van der Waals surface area contributed by atoms with Crippen LogP contribution in [0.15, 0.2) is 31.9 Å². The molecule has 0 radical (unpaired) electrons. The molecule has 0 N–H and O–H groups in total. The van der Waals surface area contributed by atoms with Crippen LogP contribution < -0.4 is 5.56 Å². The second kappa shape index (κ2) is 7.37. The quantitative estimate of drug-likeness (QED) is 0.588. The zero-order valence-electron chi connectivity index (χ0n) is 15.0. The summed E-state index contributed by atoms with van der Waals surface area (Å²) in [5.41, 5.74) is 1.61. The van der Waals surface area contributed by atoms with E-state index in [0.717, 1.165) is 4.47 Å². The van der Waals surface area contributed by atoms with Crippen LogP contribution in [-0.2, 0) is 11.3 Å². The number of esters is 1. The van der Waals surface area contributed by atoms with Crippen molar-refractivity contribution in [2.75, 3.05) is 6.61 Å². The lowest BCUT2D eigenvalue weighted by atomic mass is 10.1. The lowest BCUT2D eigenvalue weighted by Gasteiger charge is -2.09. The molecule has 8 heteroatoms. The number of carbonyl (C=O) groups is 1. The predicted octanol–water partition coefficient (Wildman–Crippen LogP) is 3.47. The van der Waals surface area contributed by atoms with E-state index in [1.54, 1.807) is 39.0 Å². The zero-order chi connectivity index (χ0) is 19.7. The van der Waals surface area contributed by atoms with Gasteiger partial charge in [0.25, 0.3) is 5.56 Å². The van der Waals surface area contributed by atoms with Gasteiger partial charge >= 0.3 is 5.97 Å². The Labute approximate surface area is 163 Å². The first-order valence-corrected chi connectivity index (χ1v) is 9.03. The van der Waals surface area contributed by atoms with E-state index in [1.165, 1.54) is 4.68 Å². The topological polar surface area (TPSA) is 98.1 Å². The number of hydrogen-bond donors (Lipinski definition) is 0. The lowest BCUT2D eigenvalue weighted by molar-refractivity contribution is 0.0490. The molecule has 27 heavy (non-hydrogen) atoms. The van der Waals surface area contributed by atoms with Crippen LogP contribution in [-0.4, -0.2) is 22.4 Å². The van der Waals surface area contributed by atoms with Crippen molar-refractivity contribution in [1.82, 2.24) is 9.78 Å². The Bertz CT molecular complexity index is 1150. The summed E-state index contributed by atoms with van der Waals surface area (Å²) in [5, 5.41) is 14.2. The van der Waals surface area contributed by atoms with Crippen LogP contribution in [0, 0.1) is 25.2 Å². The molecule has 138 valence electrons. The van der Waals surface area contributed by atoms with E-state index in [9.17, 15) is 14.9 Å². The first-order valence-electron chi connectivity index (χ1n) is 8.23. The van der Waals surface area contributed by atoms with Crippen LogP contribution >= 0.6 is 15.9 Å². The summed E-state index contributed by atoms with van der Waals surface area (Å²) in [6, 6.07) is 7.25. The van der Waals surface area contributed by atoms with Crippen molar-refractivity contribution >= 4 is 32.9 Å². The van der Waals surface area contributed by atoms with E-state index in [2.05, 4.69) is 21.0 Å². The third kappa shape index (κ3) is 3.38. The van der Waals surface area contributed by atoms with Crippen molar-refractivity contribution in [2.45, 2.75) is 27.3 Å². The first-order chi connectivity index (χ1) is 12.9. The minimum absolute atomic E-state index is 0.0216. The summed E-state index contributed by atoms with van der Waals surface area (Å²) in [6.45, 7) is 5.28. The molecule has 7 nitrogen and oxygen atoms in total. The van der Waals surface area contributed by atoms with Crippen LogP contribution in [0.25, 0.3) is 11.0 Å². The van der Waals surface area contributed by atoms with Gasteiger partial charge in [-0.15, -0.1) is 0 Å². The van der Waals surface area contributed by atoms with Crippen molar-refractivity contribution in [3.05, 3.63) is 61.2 Å². The van der Waals surface area contributed by atoms with E-state index in [1.807, 2.05) is 6.07 Å². The molecule has 0 saturated heterocycles. The van der Waals surface area contributed by atoms with Crippen molar-refractivity contribution < 1.29 is 13.9 Å². The fourth-order valence-corrected chi connectivity index (χ4v) is 3.16. The minimum atomic E-state index is -0.614. The Morgan fingerprint density at radius 2 is 2.15 bits per heavy atom. The van der Waals surface area contributed by atoms with Gasteiger partial charge in [-0.3, -0.25) is 4.79 Å². The summed E-state index contributed by atoms with van der Waals surface area (Å²) in [5.74, 6) is -0.590. The highest BCUT2D eigenvalue weighted by atomic mass is 79.9. The lowest BCUT2D eigenvalue weighted by Crippen LogP contribution is -2.28. The van der Waals surface area contributed by atoms with E-state index in [4.69, 9.17) is 9.15 Å². The van der Waals surface area contributed by atoms with Crippen molar-refractivity contribution in [3.8, 4) is 6.07 Å². The van der Waals surface area contributed by atoms with Gasteiger partial charge in [-0.1, -0.05) is 15.9 Å². The Kier molecular flexibility index (Phi) is 5.15. The van der Waals surface area contributed by atoms with Crippen LogP contribution in [0.5, 0.6) is 0 Å². The molecule has 2 heterocycles. The average molecular weight is 430 g/mol. The molecule has 0 bridgehead atoms. The van der Waals surface area contributed by atoms with Gasteiger partial charge in [0, 0.05) is 15.4 Å². The predicted molar refractivity (Wildman–Crippen MR) is 102 cm³/mol. The van der Waals surface area contributed by atoms with Gasteiger partial charge in [-0.25, -0.2) is 9.48 Å². The Morgan fingerprint density at radius 1 is 1.41 bits per heavy atom. The van der Waals surface area contributed by atoms with Crippen LogP contribution in [0.3, 0.4) is 0 Å². The van der Waals surface area contributed by atoms with Crippen molar-refractivity contribution in [2.24, 2.45) is 0 Å².